The molecule has 1 aromatic rings. The molecule has 0 aliphatic carbocycles. The lowest BCUT2D eigenvalue weighted by Gasteiger charge is -1.90. The first-order valence-corrected chi connectivity index (χ1v) is 3.11. The number of nitrogens with zero attached hydrogens (tertiary/aromatic N) is 1. The normalized spacial score (nSPS) is 10.2. The summed E-state index contributed by atoms with van der Waals surface area (Å²) < 4.78 is 0. The Bertz CT molecular complexity index is 267. The van der Waals surface area contributed by atoms with Gasteiger partial charge in [0.05, 0.1) is 0 Å². The summed E-state index contributed by atoms with van der Waals surface area (Å²) >= 11 is 0. The highest BCUT2D eigenvalue weighted by Crippen LogP contribution is 1.97. The number of carbonyl (C=O) groups is 1. The van der Waals surface area contributed by atoms with E-state index in [1.165, 1.54) is 0 Å². The molecule has 0 heterocycles. The molecule has 0 radical (unpaired) electrons. The highest BCUT2D eigenvalue weighted by molar-refractivity contribution is 6.35. The standard InChI is InChI=1S/C8H7NO2/c10-8(6-9-11)7-4-2-1-3-5-7/h1-6,11H/b9-6+. The van der Waals surface area contributed by atoms with Gasteiger partial charge in [-0.25, -0.2) is 0 Å². The van der Waals surface area contributed by atoms with Gasteiger partial charge in [-0.2, -0.15) is 0 Å². The van der Waals surface area contributed by atoms with Crippen molar-refractivity contribution in [3.05, 3.63) is 35.9 Å². The van der Waals surface area contributed by atoms with E-state index in [1.807, 2.05) is 6.07 Å². The van der Waals surface area contributed by atoms with Gasteiger partial charge in [0, 0.05) is 5.56 Å². The molecule has 1 N–H and O–H groups in total. The molecule has 3 heteroatoms. The van der Waals surface area contributed by atoms with Gasteiger partial charge in [-0.05, 0) is 0 Å². The van der Waals surface area contributed by atoms with Crippen LogP contribution in [0.2, 0.25) is 0 Å². The van der Waals surface area contributed by atoms with Crippen LogP contribution in [0.5, 0.6) is 0 Å². The van der Waals surface area contributed by atoms with Crippen molar-refractivity contribution in [1.82, 2.24) is 0 Å². The molecule has 11 heavy (non-hydrogen) atoms. The van der Waals surface area contributed by atoms with E-state index in [0.717, 1.165) is 6.21 Å². The molecule has 0 spiro atoms. The van der Waals surface area contributed by atoms with Crippen molar-refractivity contribution in [2.45, 2.75) is 0 Å². The zero-order chi connectivity index (χ0) is 8.10. The molecule has 1 rings (SSSR count). The SMILES string of the molecule is O=C(/C=N/O)c1ccccc1. The fourth-order valence-electron chi connectivity index (χ4n) is 0.729. The van der Waals surface area contributed by atoms with Crippen molar-refractivity contribution in [3.8, 4) is 0 Å². The molecular formula is C8H7NO2. The molecule has 0 aliphatic heterocycles. The molecule has 56 valence electrons. The van der Waals surface area contributed by atoms with Gasteiger partial charge in [0.1, 0.15) is 6.21 Å². The molecule has 0 aliphatic rings. The van der Waals surface area contributed by atoms with Gasteiger partial charge >= 0.3 is 0 Å². The Morgan fingerprint density at radius 2 is 2.00 bits per heavy atom. The average molecular weight is 149 g/mol. The third kappa shape index (κ3) is 1.89. The maximum absolute atomic E-state index is 10.9. The zero-order valence-corrected chi connectivity index (χ0v) is 5.77. The molecule has 3 nitrogen and oxygen atoms in total. The van der Waals surface area contributed by atoms with Crippen LogP contribution in [-0.4, -0.2) is 17.2 Å². The third-order valence-corrected chi connectivity index (χ3v) is 1.23. The second kappa shape index (κ2) is 3.51. The number of hydrogen-bond donors (Lipinski definition) is 1. The minimum atomic E-state index is -0.298. The minimum Gasteiger partial charge on any atom is -0.411 e. The molecule has 0 fully saturated rings. The van der Waals surface area contributed by atoms with Crippen LogP contribution in [0.15, 0.2) is 35.5 Å². The second-order valence-corrected chi connectivity index (χ2v) is 1.97. The van der Waals surface area contributed by atoms with E-state index in [-0.39, 0.29) is 5.78 Å². The van der Waals surface area contributed by atoms with Gasteiger partial charge < -0.3 is 5.21 Å². The predicted molar refractivity (Wildman–Crippen MR) is 41.1 cm³/mol. The molecule has 0 saturated carbocycles. The van der Waals surface area contributed by atoms with Crippen molar-refractivity contribution < 1.29 is 10.0 Å². The molecule has 0 aromatic heterocycles. The van der Waals surface area contributed by atoms with Crippen LogP contribution in [0.4, 0.5) is 0 Å². The van der Waals surface area contributed by atoms with E-state index >= 15 is 0 Å². The van der Waals surface area contributed by atoms with Crippen molar-refractivity contribution in [1.29, 1.82) is 0 Å². The summed E-state index contributed by atoms with van der Waals surface area (Å²) in [5.74, 6) is -0.298. The minimum absolute atomic E-state index is 0.298. The monoisotopic (exact) mass is 149 g/mol. The van der Waals surface area contributed by atoms with E-state index < -0.39 is 0 Å². The Kier molecular flexibility index (Phi) is 2.38. The molecule has 0 bridgehead atoms. The van der Waals surface area contributed by atoms with Crippen LogP contribution in [-0.2, 0) is 0 Å². The van der Waals surface area contributed by atoms with E-state index in [2.05, 4.69) is 5.16 Å². The lowest BCUT2D eigenvalue weighted by atomic mass is 10.1. The summed E-state index contributed by atoms with van der Waals surface area (Å²) in [7, 11) is 0. The number of benzene rings is 1. The second-order valence-electron chi connectivity index (χ2n) is 1.97. The smallest absolute Gasteiger partial charge is 0.207 e. The fraction of sp³-hybridized carbons (Fsp3) is 0. The van der Waals surface area contributed by atoms with E-state index in [0.29, 0.717) is 5.56 Å². The van der Waals surface area contributed by atoms with E-state index in [1.54, 1.807) is 24.3 Å². The number of carbonyl (C=O) groups excluding carboxylic acids is 1. The Morgan fingerprint density at radius 1 is 1.36 bits per heavy atom. The summed E-state index contributed by atoms with van der Waals surface area (Å²) in [5, 5.41) is 10.7. The van der Waals surface area contributed by atoms with Crippen molar-refractivity contribution in [2.24, 2.45) is 5.16 Å². The quantitative estimate of drug-likeness (QED) is 0.298. The van der Waals surface area contributed by atoms with Gasteiger partial charge in [0.25, 0.3) is 0 Å². The first-order chi connectivity index (χ1) is 5.34. The summed E-state index contributed by atoms with van der Waals surface area (Å²) in [6, 6.07) is 8.62. The predicted octanol–water partition coefficient (Wildman–Crippen LogP) is 1.33. The summed E-state index contributed by atoms with van der Waals surface area (Å²) in [5.41, 5.74) is 0.519. The lowest BCUT2D eigenvalue weighted by Crippen LogP contribution is -1.98. The molecule has 0 saturated heterocycles. The van der Waals surface area contributed by atoms with Crippen LogP contribution in [0, 0.1) is 0 Å². The van der Waals surface area contributed by atoms with Crippen molar-refractivity contribution in [3.63, 3.8) is 0 Å². The highest BCUT2D eigenvalue weighted by Gasteiger charge is 1.98. The van der Waals surface area contributed by atoms with E-state index in [4.69, 9.17) is 5.21 Å². The van der Waals surface area contributed by atoms with Gasteiger partial charge in [-0.3, -0.25) is 4.79 Å². The Labute approximate surface area is 64.0 Å². The van der Waals surface area contributed by atoms with Crippen molar-refractivity contribution in [2.75, 3.05) is 0 Å². The maximum Gasteiger partial charge on any atom is 0.207 e. The Balaban J connectivity index is 2.86. The third-order valence-electron chi connectivity index (χ3n) is 1.23. The summed E-state index contributed by atoms with van der Waals surface area (Å²) in [6.45, 7) is 0. The highest BCUT2D eigenvalue weighted by atomic mass is 16.4. The number of rotatable bonds is 2. The van der Waals surface area contributed by atoms with Gasteiger partial charge in [-0.15, -0.1) is 0 Å². The first-order valence-electron chi connectivity index (χ1n) is 3.11. The van der Waals surface area contributed by atoms with Crippen LogP contribution in [0.3, 0.4) is 0 Å². The van der Waals surface area contributed by atoms with Crippen molar-refractivity contribution >= 4 is 12.0 Å². The fourth-order valence-corrected chi connectivity index (χ4v) is 0.729. The van der Waals surface area contributed by atoms with Crippen LogP contribution >= 0.6 is 0 Å². The number of hydrogen-bond acceptors (Lipinski definition) is 3. The summed E-state index contributed by atoms with van der Waals surface area (Å²) in [6.07, 6.45) is 0.870. The van der Waals surface area contributed by atoms with E-state index in [9.17, 15) is 4.79 Å². The molecule has 0 atom stereocenters. The number of Topliss-reactive ketones (excluding diaryl/α,β-unsaturated/α-hetero) is 1. The Hall–Kier alpha value is -1.64. The molecule has 0 unspecified atom stereocenters. The Morgan fingerprint density at radius 3 is 2.55 bits per heavy atom. The zero-order valence-electron chi connectivity index (χ0n) is 5.77. The molecule has 1 aromatic carbocycles. The largest absolute Gasteiger partial charge is 0.411 e. The lowest BCUT2D eigenvalue weighted by molar-refractivity contribution is 0.106. The maximum atomic E-state index is 10.9. The van der Waals surface area contributed by atoms with Gasteiger partial charge in [0.15, 0.2) is 0 Å². The number of oxime groups is 1. The van der Waals surface area contributed by atoms with Gasteiger partial charge in [-0.1, -0.05) is 35.5 Å². The van der Waals surface area contributed by atoms with Crippen LogP contribution in [0.1, 0.15) is 10.4 Å². The molecule has 0 amide bonds. The van der Waals surface area contributed by atoms with Crippen LogP contribution < -0.4 is 0 Å². The van der Waals surface area contributed by atoms with Gasteiger partial charge in [0.2, 0.25) is 5.78 Å². The van der Waals surface area contributed by atoms with Crippen LogP contribution in [0.25, 0.3) is 0 Å². The number of ketones is 1. The topological polar surface area (TPSA) is 49.7 Å². The summed E-state index contributed by atoms with van der Waals surface area (Å²) in [4.78, 5) is 10.9. The molecular weight excluding hydrogens is 142 g/mol. The average Bonchev–Trinajstić information content (AvgIpc) is 2.07. The first kappa shape index (κ1) is 7.47.